The summed E-state index contributed by atoms with van der Waals surface area (Å²) in [5.41, 5.74) is 1.54. The molecule has 1 unspecified atom stereocenters. The van der Waals surface area contributed by atoms with Crippen LogP contribution in [-0.2, 0) is 11.0 Å². The molecule has 88 valence electrons. The number of halogens is 1. The van der Waals surface area contributed by atoms with Crippen LogP contribution in [-0.4, -0.2) is 19.7 Å². The van der Waals surface area contributed by atoms with Gasteiger partial charge in [-0.25, -0.2) is 9.19 Å². The number of hydrogen-bond acceptors (Lipinski definition) is 2. The zero-order valence-electron chi connectivity index (χ0n) is 9.82. The highest BCUT2D eigenvalue weighted by Crippen LogP contribution is 2.14. The molecule has 5 heteroatoms. The SMILES string of the molecule is C/C(=N\S(=O)C(C)(C)C)c1ccc(Cl)nc1. The first kappa shape index (κ1) is 13.3. The van der Waals surface area contributed by atoms with Crippen LogP contribution in [0.5, 0.6) is 0 Å². The van der Waals surface area contributed by atoms with Gasteiger partial charge >= 0.3 is 0 Å². The van der Waals surface area contributed by atoms with E-state index in [1.54, 1.807) is 12.3 Å². The Labute approximate surface area is 104 Å². The van der Waals surface area contributed by atoms with Crippen molar-refractivity contribution in [3.63, 3.8) is 0 Å². The van der Waals surface area contributed by atoms with Gasteiger partial charge in [0.2, 0.25) is 0 Å². The van der Waals surface area contributed by atoms with Crippen LogP contribution in [0.1, 0.15) is 33.3 Å². The molecule has 0 spiro atoms. The average molecular weight is 259 g/mol. The number of hydrogen-bond donors (Lipinski definition) is 0. The zero-order valence-corrected chi connectivity index (χ0v) is 11.4. The summed E-state index contributed by atoms with van der Waals surface area (Å²) in [6.45, 7) is 7.48. The van der Waals surface area contributed by atoms with E-state index in [1.807, 2.05) is 33.8 Å². The molecule has 0 amide bonds. The highest BCUT2D eigenvalue weighted by Gasteiger charge is 2.19. The molecule has 0 saturated carbocycles. The molecule has 1 atom stereocenters. The Morgan fingerprint density at radius 3 is 2.50 bits per heavy atom. The van der Waals surface area contributed by atoms with Crippen LogP contribution in [0, 0.1) is 0 Å². The quantitative estimate of drug-likeness (QED) is 0.605. The standard InChI is InChI=1S/C11H15ClN2OS/c1-8(14-16(15)11(2,3)4)9-5-6-10(12)13-7-9/h5-7H,1-4H3/b14-8+. The molecule has 0 aliphatic heterocycles. The Bertz CT molecular complexity index is 421. The minimum atomic E-state index is -1.25. The Hall–Kier alpha value is -0.740. The van der Waals surface area contributed by atoms with E-state index in [1.165, 1.54) is 0 Å². The van der Waals surface area contributed by atoms with Crippen LogP contribution < -0.4 is 0 Å². The largest absolute Gasteiger partial charge is 0.244 e. The molecule has 0 fully saturated rings. The van der Waals surface area contributed by atoms with Crippen molar-refractivity contribution in [3.05, 3.63) is 29.0 Å². The molecule has 0 saturated heterocycles. The van der Waals surface area contributed by atoms with Gasteiger partial charge in [-0.3, -0.25) is 0 Å². The first-order valence-electron chi connectivity index (χ1n) is 4.90. The number of pyridine rings is 1. The molecule has 0 radical (unpaired) electrons. The minimum absolute atomic E-state index is 0.346. The van der Waals surface area contributed by atoms with Gasteiger partial charge in [0.15, 0.2) is 0 Å². The van der Waals surface area contributed by atoms with E-state index in [0.29, 0.717) is 10.9 Å². The average Bonchev–Trinajstić information content (AvgIpc) is 2.17. The number of nitrogens with zero attached hydrogens (tertiary/aromatic N) is 2. The van der Waals surface area contributed by atoms with E-state index in [-0.39, 0.29) is 4.75 Å². The summed E-state index contributed by atoms with van der Waals surface area (Å²) in [5, 5.41) is 0.438. The van der Waals surface area contributed by atoms with Gasteiger partial charge in [-0.1, -0.05) is 11.6 Å². The lowest BCUT2D eigenvalue weighted by molar-refractivity contribution is 0.650. The molecule has 1 aromatic rings. The highest BCUT2D eigenvalue weighted by atomic mass is 35.5. The van der Waals surface area contributed by atoms with Crippen molar-refractivity contribution >= 4 is 28.3 Å². The first-order chi connectivity index (χ1) is 7.30. The molecule has 1 rings (SSSR count). The molecule has 1 aromatic heterocycles. The molecule has 0 aromatic carbocycles. The van der Waals surface area contributed by atoms with Crippen LogP contribution in [0.4, 0.5) is 0 Å². The normalized spacial score (nSPS) is 14.9. The van der Waals surface area contributed by atoms with Gasteiger partial charge in [0, 0.05) is 11.8 Å². The monoisotopic (exact) mass is 258 g/mol. The molecule has 16 heavy (non-hydrogen) atoms. The van der Waals surface area contributed by atoms with Gasteiger partial charge in [0.1, 0.15) is 16.1 Å². The van der Waals surface area contributed by atoms with Crippen LogP contribution in [0.25, 0.3) is 0 Å². The maximum Gasteiger partial charge on any atom is 0.145 e. The molecule has 0 N–H and O–H groups in total. The van der Waals surface area contributed by atoms with Gasteiger partial charge in [-0.15, -0.1) is 0 Å². The van der Waals surface area contributed by atoms with Crippen molar-refractivity contribution < 1.29 is 4.21 Å². The maximum atomic E-state index is 11.8. The summed E-state index contributed by atoms with van der Waals surface area (Å²) in [6, 6.07) is 3.50. The fourth-order valence-electron chi connectivity index (χ4n) is 0.904. The summed E-state index contributed by atoms with van der Waals surface area (Å²) in [4.78, 5) is 3.96. The molecular weight excluding hydrogens is 244 g/mol. The van der Waals surface area contributed by atoms with Gasteiger partial charge in [-0.2, -0.15) is 4.40 Å². The second kappa shape index (κ2) is 5.06. The van der Waals surface area contributed by atoms with Gasteiger partial charge in [0.25, 0.3) is 0 Å². The fourth-order valence-corrected chi connectivity index (χ4v) is 1.64. The van der Waals surface area contributed by atoms with E-state index < -0.39 is 11.0 Å². The van der Waals surface area contributed by atoms with Gasteiger partial charge in [0.05, 0.1) is 10.5 Å². The maximum absolute atomic E-state index is 11.8. The number of rotatable bonds is 2. The van der Waals surface area contributed by atoms with E-state index in [4.69, 9.17) is 11.6 Å². The molecule has 1 heterocycles. The second-order valence-electron chi connectivity index (χ2n) is 4.41. The van der Waals surface area contributed by atoms with E-state index in [0.717, 1.165) is 5.56 Å². The van der Waals surface area contributed by atoms with Crippen molar-refractivity contribution in [2.45, 2.75) is 32.4 Å². The third-order valence-corrected chi connectivity index (χ3v) is 3.60. The Morgan fingerprint density at radius 1 is 1.44 bits per heavy atom. The molecule has 0 aliphatic rings. The fraction of sp³-hybridized carbons (Fsp3) is 0.455. The van der Waals surface area contributed by atoms with Gasteiger partial charge < -0.3 is 0 Å². The summed E-state index contributed by atoms with van der Waals surface area (Å²) >= 11 is 5.68. The third kappa shape index (κ3) is 3.68. The predicted molar refractivity (Wildman–Crippen MR) is 69.4 cm³/mol. The molecular formula is C11H15ClN2OS. The first-order valence-corrected chi connectivity index (χ1v) is 6.38. The van der Waals surface area contributed by atoms with Crippen LogP contribution in [0.15, 0.2) is 22.7 Å². The summed E-state index contributed by atoms with van der Waals surface area (Å²) in [6.07, 6.45) is 1.63. The topological polar surface area (TPSA) is 42.3 Å². The Balaban J connectivity index is 2.94. The molecule has 0 bridgehead atoms. The van der Waals surface area contributed by atoms with Crippen molar-refractivity contribution in [2.75, 3.05) is 0 Å². The van der Waals surface area contributed by atoms with E-state index in [2.05, 4.69) is 9.38 Å². The lowest BCUT2D eigenvalue weighted by atomic mass is 10.2. The smallest absolute Gasteiger partial charge is 0.145 e. The van der Waals surface area contributed by atoms with Crippen LogP contribution in [0.2, 0.25) is 5.15 Å². The second-order valence-corrected chi connectivity index (χ2v) is 6.70. The molecule has 3 nitrogen and oxygen atoms in total. The third-order valence-electron chi connectivity index (χ3n) is 1.89. The molecule has 0 aliphatic carbocycles. The van der Waals surface area contributed by atoms with Crippen molar-refractivity contribution in [1.29, 1.82) is 0 Å². The predicted octanol–water partition coefficient (Wildman–Crippen LogP) is 3.01. The summed E-state index contributed by atoms with van der Waals surface area (Å²) < 4.78 is 15.6. The lowest BCUT2D eigenvalue weighted by Crippen LogP contribution is -2.20. The van der Waals surface area contributed by atoms with Crippen molar-refractivity contribution in [2.24, 2.45) is 4.40 Å². The zero-order chi connectivity index (χ0) is 12.3. The summed E-state index contributed by atoms with van der Waals surface area (Å²) in [5.74, 6) is 0. The van der Waals surface area contributed by atoms with E-state index >= 15 is 0 Å². The van der Waals surface area contributed by atoms with Crippen molar-refractivity contribution in [3.8, 4) is 0 Å². The minimum Gasteiger partial charge on any atom is -0.244 e. The summed E-state index contributed by atoms with van der Waals surface area (Å²) in [7, 11) is -1.25. The van der Waals surface area contributed by atoms with Crippen LogP contribution in [0.3, 0.4) is 0 Å². The van der Waals surface area contributed by atoms with Crippen molar-refractivity contribution in [1.82, 2.24) is 4.98 Å². The lowest BCUT2D eigenvalue weighted by Gasteiger charge is -2.14. The van der Waals surface area contributed by atoms with Crippen LogP contribution >= 0.6 is 11.6 Å². The Kier molecular flexibility index (Phi) is 4.21. The van der Waals surface area contributed by atoms with E-state index in [9.17, 15) is 4.21 Å². The Morgan fingerprint density at radius 2 is 2.06 bits per heavy atom. The highest BCUT2D eigenvalue weighted by molar-refractivity contribution is 7.85. The van der Waals surface area contributed by atoms with Gasteiger partial charge in [-0.05, 0) is 39.8 Å². The number of aromatic nitrogens is 1.